The van der Waals surface area contributed by atoms with Gasteiger partial charge in [-0.05, 0) is 25.1 Å². The Balaban J connectivity index is 1.64. The number of hydrogen-bond donors (Lipinski definition) is 0. The molecule has 152 valence electrons. The zero-order valence-electron chi connectivity index (χ0n) is 15.8. The molecule has 0 bridgehead atoms. The van der Waals surface area contributed by atoms with Gasteiger partial charge in [-0.3, -0.25) is 4.79 Å². The van der Waals surface area contributed by atoms with Crippen LogP contribution in [0.25, 0.3) is 0 Å². The van der Waals surface area contributed by atoms with Crippen LogP contribution < -0.4 is 9.47 Å². The van der Waals surface area contributed by atoms with E-state index in [9.17, 15) is 13.2 Å². The minimum atomic E-state index is -3.51. The Morgan fingerprint density at radius 3 is 2.54 bits per heavy atom. The molecule has 1 aliphatic heterocycles. The smallest absolute Gasteiger partial charge is 0.254 e. The van der Waals surface area contributed by atoms with Crippen molar-refractivity contribution in [2.75, 3.05) is 39.9 Å². The van der Waals surface area contributed by atoms with Crippen LogP contribution >= 0.6 is 0 Å². The molecular formula is C18H23N3O6S. The van der Waals surface area contributed by atoms with E-state index in [0.717, 1.165) is 0 Å². The summed E-state index contributed by atoms with van der Waals surface area (Å²) in [7, 11) is -1.97. The fourth-order valence-electron chi connectivity index (χ4n) is 3.02. The monoisotopic (exact) mass is 409 g/mol. The van der Waals surface area contributed by atoms with Gasteiger partial charge in [-0.1, -0.05) is 5.16 Å². The maximum Gasteiger partial charge on any atom is 0.254 e. The fourth-order valence-corrected chi connectivity index (χ4v) is 4.45. The van der Waals surface area contributed by atoms with Gasteiger partial charge in [-0.2, -0.15) is 4.31 Å². The number of sulfonamides is 1. The minimum Gasteiger partial charge on any atom is -0.493 e. The number of piperazine rings is 1. The molecular weight excluding hydrogens is 386 g/mol. The second kappa shape index (κ2) is 8.61. The van der Waals surface area contributed by atoms with Crippen molar-refractivity contribution in [3.63, 3.8) is 0 Å². The molecule has 0 unspecified atom stereocenters. The molecule has 1 aromatic carbocycles. The van der Waals surface area contributed by atoms with Crippen molar-refractivity contribution in [1.29, 1.82) is 0 Å². The lowest BCUT2D eigenvalue weighted by Crippen LogP contribution is -2.50. The van der Waals surface area contributed by atoms with Gasteiger partial charge in [0.25, 0.3) is 5.91 Å². The van der Waals surface area contributed by atoms with Gasteiger partial charge in [0.2, 0.25) is 10.0 Å². The normalized spacial score (nSPS) is 15.4. The molecule has 28 heavy (non-hydrogen) atoms. The number of rotatable bonds is 7. The van der Waals surface area contributed by atoms with Crippen LogP contribution in [0.4, 0.5) is 0 Å². The van der Waals surface area contributed by atoms with Crippen molar-refractivity contribution in [3.8, 4) is 11.5 Å². The lowest BCUT2D eigenvalue weighted by Gasteiger charge is -2.34. The molecule has 1 aliphatic rings. The average molecular weight is 409 g/mol. The Labute approximate surface area is 163 Å². The van der Waals surface area contributed by atoms with E-state index >= 15 is 0 Å². The van der Waals surface area contributed by atoms with Crippen molar-refractivity contribution in [3.05, 3.63) is 41.8 Å². The molecule has 0 spiro atoms. The van der Waals surface area contributed by atoms with Crippen LogP contribution in [0.15, 0.2) is 35.1 Å². The average Bonchev–Trinajstić information content (AvgIpc) is 3.20. The summed E-state index contributed by atoms with van der Waals surface area (Å²) in [6.45, 7) is 3.41. The van der Waals surface area contributed by atoms with Crippen molar-refractivity contribution >= 4 is 15.9 Å². The maximum atomic E-state index is 12.8. The Bertz CT molecular complexity index is 905. The van der Waals surface area contributed by atoms with Crippen LogP contribution in [-0.4, -0.2) is 68.6 Å². The fraction of sp³-hybridized carbons (Fsp3) is 0.444. The number of amides is 1. The number of hydrogen-bond acceptors (Lipinski definition) is 7. The summed E-state index contributed by atoms with van der Waals surface area (Å²) in [6, 6.07) is 6.55. The van der Waals surface area contributed by atoms with E-state index in [1.165, 1.54) is 23.7 Å². The van der Waals surface area contributed by atoms with Gasteiger partial charge in [0.15, 0.2) is 11.5 Å². The standard InChI is InChI=1S/C18H23N3O6S/c1-3-26-17-12-14(4-5-16(17)25-2)18(22)20-7-9-21(10-8-20)28(23,24)13-15-6-11-27-19-15/h4-6,11-12H,3,7-10,13H2,1-2H3. The SMILES string of the molecule is CCOc1cc(C(=O)N2CCN(S(=O)(=O)Cc3ccon3)CC2)ccc1OC. The van der Waals surface area contributed by atoms with Crippen molar-refractivity contribution in [2.45, 2.75) is 12.7 Å². The van der Waals surface area contributed by atoms with Crippen molar-refractivity contribution in [2.24, 2.45) is 0 Å². The molecule has 0 saturated carbocycles. The summed E-state index contributed by atoms with van der Waals surface area (Å²) in [5.74, 6) is 0.678. The van der Waals surface area contributed by atoms with Crippen LogP contribution in [-0.2, 0) is 15.8 Å². The predicted octanol–water partition coefficient (Wildman–Crippen LogP) is 1.37. The van der Waals surface area contributed by atoms with E-state index in [0.29, 0.717) is 42.5 Å². The van der Waals surface area contributed by atoms with Gasteiger partial charge in [-0.15, -0.1) is 0 Å². The van der Waals surface area contributed by atoms with Gasteiger partial charge >= 0.3 is 0 Å². The van der Waals surface area contributed by atoms with E-state index in [1.807, 2.05) is 6.92 Å². The number of ether oxygens (including phenoxy) is 2. The molecule has 0 aliphatic carbocycles. The van der Waals surface area contributed by atoms with E-state index in [-0.39, 0.29) is 24.7 Å². The number of carbonyl (C=O) groups is 1. The molecule has 2 heterocycles. The second-order valence-electron chi connectivity index (χ2n) is 6.24. The Morgan fingerprint density at radius 2 is 1.93 bits per heavy atom. The van der Waals surface area contributed by atoms with Gasteiger partial charge in [-0.25, -0.2) is 8.42 Å². The summed E-state index contributed by atoms with van der Waals surface area (Å²) in [5, 5.41) is 3.65. The molecule has 1 fully saturated rings. The van der Waals surface area contributed by atoms with E-state index in [1.54, 1.807) is 23.1 Å². The highest BCUT2D eigenvalue weighted by atomic mass is 32.2. The molecule has 3 rings (SSSR count). The predicted molar refractivity (Wildman–Crippen MR) is 101 cm³/mol. The van der Waals surface area contributed by atoms with E-state index < -0.39 is 10.0 Å². The van der Waals surface area contributed by atoms with Crippen LogP contribution in [0.1, 0.15) is 23.0 Å². The molecule has 0 radical (unpaired) electrons. The topological polar surface area (TPSA) is 102 Å². The Hall–Kier alpha value is -2.59. The van der Waals surface area contributed by atoms with Crippen LogP contribution in [0, 0.1) is 0 Å². The number of methoxy groups -OCH3 is 1. The minimum absolute atomic E-state index is 0.169. The third-order valence-corrected chi connectivity index (χ3v) is 6.26. The first-order valence-corrected chi connectivity index (χ1v) is 10.5. The molecule has 1 aromatic heterocycles. The van der Waals surface area contributed by atoms with Crippen LogP contribution in [0.3, 0.4) is 0 Å². The number of benzene rings is 1. The number of aromatic nitrogens is 1. The third kappa shape index (κ3) is 4.45. The summed E-state index contributed by atoms with van der Waals surface area (Å²) in [5.41, 5.74) is 0.836. The van der Waals surface area contributed by atoms with Gasteiger partial charge < -0.3 is 18.9 Å². The molecule has 2 aromatic rings. The zero-order valence-corrected chi connectivity index (χ0v) is 16.6. The first kappa shape index (κ1) is 20.2. The van der Waals surface area contributed by atoms with Gasteiger partial charge in [0, 0.05) is 37.8 Å². The number of nitrogens with zero attached hydrogens (tertiary/aromatic N) is 3. The lowest BCUT2D eigenvalue weighted by atomic mass is 10.1. The number of carbonyl (C=O) groups excluding carboxylic acids is 1. The lowest BCUT2D eigenvalue weighted by molar-refractivity contribution is 0.0697. The summed E-state index contributed by atoms with van der Waals surface area (Å²) >= 11 is 0. The summed E-state index contributed by atoms with van der Waals surface area (Å²) in [4.78, 5) is 14.4. The second-order valence-corrected chi connectivity index (χ2v) is 8.21. The van der Waals surface area contributed by atoms with Crippen LogP contribution in [0.5, 0.6) is 11.5 Å². The van der Waals surface area contributed by atoms with E-state index in [2.05, 4.69) is 9.68 Å². The van der Waals surface area contributed by atoms with Crippen molar-refractivity contribution in [1.82, 2.24) is 14.4 Å². The molecule has 0 N–H and O–H groups in total. The zero-order chi connectivity index (χ0) is 20.1. The molecule has 9 nitrogen and oxygen atoms in total. The highest BCUT2D eigenvalue weighted by Crippen LogP contribution is 2.28. The Morgan fingerprint density at radius 1 is 1.18 bits per heavy atom. The largest absolute Gasteiger partial charge is 0.493 e. The summed E-state index contributed by atoms with van der Waals surface area (Å²) < 4.78 is 41.8. The van der Waals surface area contributed by atoms with E-state index in [4.69, 9.17) is 9.47 Å². The molecule has 0 atom stereocenters. The van der Waals surface area contributed by atoms with Crippen LogP contribution in [0.2, 0.25) is 0 Å². The molecule has 1 amide bonds. The molecule has 1 saturated heterocycles. The maximum absolute atomic E-state index is 12.8. The first-order chi connectivity index (χ1) is 13.4. The van der Waals surface area contributed by atoms with Gasteiger partial charge in [0.05, 0.1) is 19.4 Å². The summed E-state index contributed by atoms with van der Waals surface area (Å²) in [6.07, 6.45) is 1.34. The van der Waals surface area contributed by atoms with Gasteiger partial charge in [0.1, 0.15) is 12.0 Å². The quantitative estimate of drug-likeness (QED) is 0.680. The molecule has 10 heteroatoms. The van der Waals surface area contributed by atoms with Crippen molar-refractivity contribution < 1.29 is 27.2 Å². The third-order valence-electron chi connectivity index (χ3n) is 4.45. The Kier molecular flexibility index (Phi) is 6.20. The first-order valence-electron chi connectivity index (χ1n) is 8.91. The highest BCUT2D eigenvalue weighted by Gasteiger charge is 2.30. The highest BCUT2D eigenvalue weighted by molar-refractivity contribution is 7.88.